The summed E-state index contributed by atoms with van der Waals surface area (Å²) in [7, 11) is 0. The Bertz CT molecular complexity index is 333. The molecule has 0 aliphatic heterocycles. The van der Waals surface area contributed by atoms with Crippen LogP contribution in [0.2, 0.25) is 0 Å². The lowest BCUT2D eigenvalue weighted by Gasteiger charge is -2.17. The summed E-state index contributed by atoms with van der Waals surface area (Å²) < 4.78 is 0.569. The summed E-state index contributed by atoms with van der Waals surface area (Å²) in [6, 6.07) is 2.04. The molecule has 0 aliphatic carbocycles. The first kappa shape index (κ1) is 9.39. The molecule has 0 saturated carbocycles. The zero-order valence-electron chi connectivity index (χ0n) is 7.93. The average molecular weight is 182 g/mol. The number of aromatic nitrogens is 2. The van der Waals surface area contributed by atoms with Crippen LogP contribution in [0.1, 0.15) is 32.2 Å². The highest BCUT2D eigenvalue weighted by atomic mass is 32.1. The van der Waals surface area contributed by atoms with Gasteiger partial charge in [0.2, 0.25) is 0 Å². The van der Waals surface area contributed by atoms with Crippen molar-refractivity contribution in [3.05, 3.63) is 22.2 Å². The average Bonchev–Trinajstić information content (AvgIpc) is 1.82. The molecule has 1 heterocycles. The summed E-state index contributed by atoms with van der Waals surface area (Å²) in [5, 5.41) is 0. The van der Waals surface area contributed by atoms with Crippen molar-refractivity contribution in [3.63, 3.8) is 0 Å². The van der Waals surface area contributed by atoms with E-state index in [4.69, 9.17) is 12.2 Å². The minimum Gasteiger partial charge on any atom is -0.335 e. The van der Waals surface area contributed by atoms with Crippen LogP contribution >= 0.6 is 12.2 Å². The van der Waals surface area contributed by atoms with Crippen LogP contribution in [0.15, 0.2) is 6.07 Å². The zero-order chi connectivity index (χ0) is 9.35. The van der Waals surface area contributed by atoms with Crippen LogP contribution in [0.3, 0.4) is 0 Å². The van der Waals surface area contributed by atoms with E-state index in [9.17, 15) is 0 Å². The van der Waals surface area contributed by atoms with Crippen molar-refractivity contribution < 1.29 is 0 Å². The SMILES string of the molecule is Cc1cc(C(C)(C)C)nc(=S)[nH]1. The molecule has 1 rings (SSSR count). The number of aromatic amines is 1. The van der Waals surface area contributed by atoms with Crippen molar-refractivity contribution >= 4 is 12.2 Å². The van der Waals surface area contributed by atoms with Gasteiger partial charge >= 0.3 is 0 Å². The highest BCUT2D eigenvalue weighted by Gasteiger charge is 2.15. The molecule has 0 saturated heterocycles. The van der Waals surface area contributed by atoms with E-state index in [1.54, 1.807) is 0 Å². The topological polar surface area (TPSA) is 28.7 Å². The first-order valence-electron chi connectivity index (χ1n) is 3.98. The van der Waals surface area contributed by atoms with Gasteiger partial charge in [0.15, 0.2) is 4.77 Å². The quantitative estimate of drug-likeness (QED) is 0.625. The molecule has 0 unspecified atom stereocenters. The first-order valence-corrected chi connectivity index (χ1v) is 4.39. The molecular weight excluding hydrogens is 168 g/mol. The summed E-state index contributed by atoms with van der Waals surface area (Å²) >= 11 is 4.99. The predicted molar refractivity (Wildman–Crippen MR) is 52.9 cm³/mol. The second-order valence-corrected chi connectivity index (χ2v) is 4.39. The van der Waals surface area contributed by atoms with E-state index in [0.717, 1.165) is 11.4 Å². The Balaban J connectivity index is 3.27. The predicted octanol–water partition coefficient (Wildman–Crippen LogP) is 2.75. The van der Waals surface area contributed by atoms with Crippen molar-refractivity contribution in [1.82, 2.24) is 9.97 Å². The second kappa shape index (κ2) is 2.98. The highest BCUT2D eigenvalue weighted by Crippen LogP contribution is 2.19. The first-order chi connectivity index (χ1) is 5.39. The van der Waals surface area contributed by atoms with Gasteiger partial charge in [-0.3, -0.25) is 0 Å². The van der Waals surface area contributed by atoms with Gasteiger partial charge < -0.3 is 4.98 Å². The van der Waals surface area contributed by atoms with E-state index in [1.807, 2.05) is 13.0 Å². The van der Waals surface area contributed by atoms with E-state index in [-0.39, 0.29) is 5.41 Å². The standard InChI is InChI=1S/C9H14N2S/c1-6-5-7(9(2,3)4)11-8(12)10-6/h5H,1-4H3,(H,10,11,12). The van der Waals surface area contributed by atoms with Gasteiger partial charge in [-0.1, -0.05) is 20.8 Å². The lowest BCUT2D eigenvalue weighted by Crippen LogP contribution is -2.14. The fourth-order valence-electron chi connectivity index (χ4n) is 0.964. The van der Waals surface area contributed by atoms with Gasteiger partial charge in [-0.25, -0.2) is 4.98 Å². The Morgan fingerprint density at radius 2 is 2.00 bits per heavy atom. The molecule has 0 bridgehead atoms. The van der Waals surface area contributed by atoms with E-state index in [2.05, 4.69) is 30.7 Å². The van der Waals surface area contributed by atoms with Crippen molar-refractivity contribution in [3.8, 4) is 0 Å². The van der Waals surface area contributed by atoms with Crippen LogP contribution in [-0.4, -0.2) is 9.97 Å². The van der Waals surface area contributed by atoms with Gasteiger partial charge in [-0.15, -0.1) is 0 Å². The third-order valence-electron chi connectivity index (χ3n) is 1.65. The van der Waals surface area contributed by atoms with Crippen molar-refractivity contribution in [2.45, 2.75) is 33.1 Å². The Labute approximate surface area is 78.1 Å². The molecule has 0 atom stereocenters. The molecule has 12 heavy (non-hydrogen) atoms. The van der Waals surface area contributed by atoms with E-state index in [1.165, 1.54) is 0 Å². The summed E-state index contributed by atoms with van der Waals surface area (Å²) in [5.74, 6) is 0. The molecule has 0 aliphatic rings. The maximum Gasteiger partial charge on any atom is 0.197 e. The molecule has 0 radical (unpaired) electrons. The molecule has 0 amide bonds. The molecular formula is C9H14N2S. The Hall–Kier alpha value is -0.700. The number of nitrogens with one attached hydrogen (secondary N) is 1. The summed E-state index contributed by atoms with van der Waals surface area (Å²) in [6.07, 6.45) is 0. The maximum atomic E-state index is 4.99. The van der Waals surface area contributed by atoms with Gasteiger partial charge in [-0.05, 0) is 25.2 Å². The molecule has 3 heteroatoms. The number of H-pyrrole nitrogens is 1. The van der Waals surface area contributed by atoms with E-state index >= 15 is 0 Å². The van der Waals surface area contributed by atoms with Crippen molar-refractivity contribution in [2.24, 2.45) is 0 Å². The monoisotopic (exact) mass is 182 g/mol. The normalized spacial score (nSPS) is 11.7. The minimum atomic E-state index is 0.0768. The van der Waals surface area contributed by atoms with Gasteiger partial charge in [0.25, 0.3) is 0 Å². The number of hydrogen-bond donors (Lipinski definition) is 1. The molecule has 1 aromatic heterocycles. The summed E-state index contributed by atoms with van der Waals surface area (Å²) in [4.78, 5) is 7.25. The molecule has 2 nitrogen and oxygen atoms in total. The molecule has 66 valence electrons. The van der Waals surface area contributed by atoms with Gasteiger partial charge in [0.05, 0.1) is 5.69 Å². The lowest BCUT2D eigenvalue weighted by molar-refractivity contribution is 0.564. The van der Waals surface area contributed by atoms with Crippen LogP contribution in [-0.2, 0) is 5.41 Å². The molecule has 1 N–H and O–H groups in total. The van der Waals surface area contributed by atoms with Crippen LogP contribution in [0.25, 0.3) is 0 Å². The Morgan fingerprint density at radius 3 is 2.42 bits per heavy atom. The molecule has 0 spiro atoms. The van der Waals surface area contributed by atoms with Crippen LogP contribution in [0, 0.1) is 11.7 Å². The van der Waals surface area contributed by atoms with Crippen molar-refractivity contribution in [2.75, 3.05) is 0 Å². The fourth-order valence-corrected chi connectivity index (χ4v) is 1.22. The van der Waals surface area contributed by atoms with E-state index < -0.39 is 0 Å². The van der Waals surface area contributed by atoms with Crippen molar-refractivity contribution in [1.29, 1.82) is 0 Å². The van der Waals surface area contributed by atoms with Gasteiger partial charge in [0, 0.05) is 11.1 Å². The third-order valence-corrected chi connectivity index (χ3v) is 1.84. The molecule has 1 aromatic rings. The highest BCUT2D eigenvalue weighted by molar-refractivity contribution is 7.71. The molecule has 0 aromatic carbocycles. The lowest BCUT2D eigenvalue weighted by atomic mass is 9.92. The number of hydrogen-bond acceptors (Lipinski definition) is 2. The largest absolute Gasteiger partial charge is 0.335 e. The van der Waals surface area contributed by atoms with E-state index in [0.29, 0.717) is 4.77 Å². The van der Waals surface area contributed by atoms with Crippen LogP contribution < -0.4 is 0 Å². The number of nitrogens with zero attached hydrogens (tertiary/aromatic N) is 1. The third kappa shape index (κ3) is 2.14. The Morgan fingerprint density at radius 1 is 1.42 bits per heavy atom. The van der Waals surface area contributed by atoms with Gasteiger partial charge in [0.1, 0.15) is 0 Å². The Kier molecular flexibility index (Phi) is 2.33. The summed E-state index contributed by atoms with van der Waals surface area (Å²) in [6.45, 7) is 8.38. The van der Waals surface area contributed by atoms with Crippen LogP contribution in [0.4, 0.5) is 0 Å². The number of rotatable bonds is 0. The van der Waals surface area contributed by atoms with Gasteiger partial charge in [-0.2, -0.15) is 0 Å². The fraction of sp³-hybridized carbons (Fsp3) is 0.556. The second-order valence-electron chi connectivity index (χ2n) is 4.00. The smallest absolute Gasteiger partial charge is 0.197 e. The minimum absolute atomic E-state index is 0.0768. The summed E-state index contributed by atoms with van der Waals surface area (Å²) in [5.41, 5.74) is 2.19. The molecule has 0 fully saturated rings. The zero-order valence-corrected chi connectivity index (χ0v) is 8.75. The maximum absolute atomic E-state index is 4.99. The number of aryl methyl sites for hydroxylation is 1. The van der Waals surface area contributed by atoms with Crippen LogP contribution in [0.5, 0.6) is 0 Å².